The fraction of sp³-hybridized carbons (Fsp3) is 0.238. The van der Waals surface area contributed by atoms with Gasteiger partial charge in [0.1, 0.15) is 5.75 Å². The van der Waals surface area contributed by atoms with Crippen LogP contribution in [0.2, 0.25) is 0 Å². The molecule has 0 unspecified atom stereocenters. The Morgan fingerprint density at radius 2 is 1.57 bits per heavy atom. The molecule has 2 aromatic carbocycles. The minimum atomic E-state index is -0.153. The highest BCUT2D eigenvalue weighted by Crippen LogP contribution is 2.24. The monoisotopic (exact) mass is 425 g/mol. The van der Waals surface area contributed by atoms with Crippen molar-refractivity contribution in [2.75, 3.05) is 23.5 Å². The minimum Gasteiger partial charge on any atom is -0.497 e. The van der Waals surface area contributed by atoms with Crippen LogP contribution in [0.1, 0.15) is 13.3 Å². The van der Waals surface area contributed by atoms with Crippen LogP contribution in [0.15, 0.2) is 53.7 Å². The number of nitrogens with one attached hydrogen (secondary N) is 2. The number of rotatable bonds is 8. The van der Waals surface area contributed by atoms with Gasteiger partial charge in [-0.3, -0.25) is 9.59 Å². The van der Waals surface area contributed by atoms with Crippen molar-refractivity contribution in [2.24, 2.45) is 7.05 Å². The number of hydrogen-bond donors (Lipinski definition) is 2. The first-order chi connectivity index (χ1) is 14.5. The molecule has 0 aliphatic rings. The minimum absolute atomic E-state index is 0.0547. The van der Waals surface area contributed by atoms with Crippen molar-refractivity contribution < 1.29 is 14.3 Å². The van der Waals surface area contributed by atoms with Crippen molar-refractivity contribution in [2.45, 2.75) is 18.5 Å². The van der Waals surface area contributed by atoms with E-state index in [-0.39, 0.29) is 17.6 Å². The number of aromatic nitrogens is 3. The van der Waals surface area contributed by atoms with E-state index < -0.39 is 0 Å². The Kier molecular flexibility index (Phi) is 7.08. The zero-order valence-corrected chi connectivity index (χ0v) is 17.8. The SMILES string of the molecule is CCC(=O)Nc1ccc(NC(=O)CSc2nnc(-c3ccc(OC)cc3)n2C)cc1. The molecule has 0 radical (unpaired) electrons. The summed E-state index contributed by atoms with van der Waals surface area (Å²) in [7, 11) is 3.49. The number of methoxy groups -OCH3 is 1. The lowest BCUT2D eigenvalue weighted by Crippen LogP contribution is -2.14. The van der Waals surface area contributed by atoms with E-state index in [0.717, 1.165) is 11.3 Å². The van der Waals surface area contributed by atoms with Gasteiger partial charge in [-0.1, -0.05) is 18.7 Å². The van der Waals surface area contributed by atoms with E-state index in [9.17, 15) is 9.59 Å². The number of carbonyl (C=O) groups excluding carboxylic acids is 2. The van der Waals surface area contributed by atoms with Crippen molar-refractivity contribution in [1.82, 2.24) is 14.8 Å². The summed E-state index contributed by atoms with van der Waals surface area (Å²) in [5, 5.41) is 14.7. The zero-order chi connectivity index (χ0) is 21.5. The van der Waals surface area contributed by atoms with Crippen molar-refractivity contribution in [3.8, 4) is 17.1 Å². The lowest BCUT2D eigenvalue weighted by atomic mass is 10.2. The lowest BCUT2D eigenvalue weighted by molar-refractivity contribution is -0.116. The highest BCUT2D eigenvalue weighted by Gasteiger charge is 2.13. The van der Waals surface area contributed by atoms with E-state index in [1.165, 1.54) is 11.8 Å². The van der Waals surface area contributed by atoms with E-state index in [1.54, 1.807) is 38.3 Å². The van der Waals surface area contributed by atoms with Crippen molar-refractivity contribution >= 4 is 35.0 Å². The van der Waals surface area contributed by atoms with Crippen molar-refractivity contribution in [3.63, 3.8) is 0 Å². The van der Waals surface area contributed by atoms with Gasteiger partial charge in [-0.15, -0.1) is 10.2 Å². The lowest BCUT2D eigenvalue weighted by Gasteiger charge is -2.08. The Balaban J connectivity index is 1.56. The number of amides is 2. The first-order valence-electron chi connectivity index (χ1n) is 9.36. The molecular formula is C21H23N5O3S. The summed E-state index contributed by atoms with van der Waals surface area (Å²) in [5.41, 5.74) is 2.27. The molecule has 0 spiro atoms. The predicted molar refractivity (Wildman–Crippen MR) is 118 cm³/mol. The number of hydrogen-bond acceptors (Lipinski definition) is 6. The molecule has 1 aromatic heterocycles. The molecule has 0 fully saturated rings. The van der Waals surface area contributed by atoms with Gasteiger partial charge >= 0.3 is 0 Å². The second-order valence-corrected chi connectivity index (χ2v) is 7.35. The summed E-state index contributed by atoms with van der Waals surface area (Å²) in [6.07, 6.45) is 0.415. The first-order valence-corrected chi connectivity index (χ1v) is 10.3. The fourth-order valence-corrected chi connectivity index (χ4v) is 3.36. The van der Waals surface area contributed by atoms with Crippen LogP contribution in [0.5, 0.6) is 5.75 Å². The molecule has 8 nitrogen and oxygen atoms in total. The van der Waals surface area contributed by atoms with Gasteiger partial charge in [0, 0.05) is 30.4 Å². The van der Waals surface area contributed by atoms with Gasteiger partial charge in [0.2, 0.25) is 11.8 Å². The normalized spacial score (nSPS) is 10.5. The average Bonchev–Trinajstić information content (AvgIpc) is 3.14. The van der Waals surface area contributed by atoms with Crippen LogP contribution in [0.4, 0.5) is 11.4 Å². The topological polar surface area (TPSA) is 98.1 Å². The van der Waals surface area contributed by atoms with Crippen LogP contribution < -0.4 is 15.4 Å². The molecule has 156 valence electrons. The Hall–Kier alpha value is -3.33. The van der Waals surface area contributed by atoms with Gasteiger partial charge in [0.15, 0.2) is 11.0 Å². The summed E-state index contributed by atoms with van der Waals surface area (Å²) in [6, 6.07) is 14.6. The van der Waals surface area contributed by atoms with Crippen LogP contribution in [0, 0.1) is 0 Å². The number of thioether (sulfide) groups is 1. The summed E-state index contributed by atoms with van der Waals surface area (Å²) in [6.45, 7) is 1.79. The maximum atomic E-state index is 12.3. The van der Waals surface area contributed by atoms with Gasteiger partial charge in [-0.2, -0.15) is 0 Å². The van der Waals surface area contributed by atoms with E-state index in [2.05, 4.69) is 20.8 Å². The van der Waals surface area contributed by atoms with Gasteiger partial charge in [0.25, 0.3) is 0 Å². The molecule has 0 bridgehead atoms. The number of carbonyl (C=O) groups is 2. The molecule has 3 aromatic rings. The molecule has 3 rings (SSSR count). The third kappa shape index (κ3) is 5.38. The van der Waals surface area contributed by atoms with Gasteiger partial charge < -0.3 is 19.9 Å². The number of anilines is 2. The fourth-order valence-electron chi connectivity index (χ4n) is 2.65. The van der Waals surface area contributed by atoms with E-state index in [0.29, 0.717) is 28.8 Å². The second-order valence-electron chi connectivity index (χ2n) is 6.41. The summed E-state index contributed by atoms with van der Waals surface area (Å²) in [4.78, 5) is 23.7. The smallest absolute Gasteiger partial charge is 0.234 e. The summed E-state index contributed by atoms with van der Waals surface area (Å²) < 4.78 is 7.03. The molecular weight excluding hydrogens is 402 g/mol. The zero-order valence-electron chi connectivity index (χ0n) is 17.0. The Morgan fingerprint density at radius 3 is 2.13 bits per heavy atom. The van der Waals surface area contributed by atoms with Gasteiger partial charge in [0.05, 0.1) is 12.9 Å². The third-order valence-electron chi connectivity index (χ3n) is 4.29. The average molecular weight is 426 g/mol. The first kappa shape index (κ1) is 21.4. The quantitative estimate of drug-likeness (QED) is 0.536. The molecule has 2 amide bonds. The maximum Gasteiger partial charge on any atom is 0.234 e. The molecule has 1 heterocycles. The van der Waals surface area contributed by atoms with Crippen LogP contribution in [-0.2, 0) is 16.6 Å². The third-order valence-corrected chi connectivity index (χ3v) is 5.31. The highest BCUT2D eigenvalue weighted by molar-refractivity contribution is 7.99. The van der Waals surface area contributed by atoms with E-state index in [1.807, 2.05) is 35.9 Å². The van der Waals surface area contributed by atoms with E-state index in [4.69, 9.17) is 4.74 Å². The van der Waals surface area contributed by atoms with Gasteiger partial charge in [-0.05, 0) is 48.5 Å². The molecule has 30 heavy (non-hydrogen) atoms. The standard InChI is InChI=1S/C21H23N5O3S/c1-4-18(27)22-15-7-9-16(10-8-15)23-19(28)13-30-21-25-24-20(26(21)2)14-5-11-17(29-3)12-6-14/h5-12H,4,13H2,1-3H3,(H,22,27)(H,23,28). The molecule has 0 aliphatic carbocycles. The Labute approximate surface area is 179 Å². The van der Waals surface area contributed by atoms with Crippen LogP contribution in [0.25, 0.3) is 11.4 Å². The molecule has 0 aliphatic heterocycles. The molecule has 0 saturated heterocycles. The van der Waals surface area contributed by atoms with E-state index >= 15 is 0 Å². The van der Waals surface area contributed by atoms with Crippen molar-refractivity contribution in [1.29, 1.82) is 0 Å². The summed E-state index contributed by atoms with van der Waals surface area (Å²) in [5.74, 6) is 1.47. The molecule has 2 N–H and O–H groups in total. The summed E-state index contributed by atoms with van der Waals surface area (Å²) >= 11 is 1.31. The molecule has 0 atom stereocenters. The van der Waals surface area contributed by atoms with Crippen LogP contribution in [0.3, 0.4) is 0 Å². The number of benzene rings is 2. The Morgan fingerprint density at radius 1 is 0.967 bits per heavy atom. The van der Waals surface area contributed by atoms with Gasteiger partial charge in [-0.25, -0.2) is 0 Å². The van der Waals surface area contributed by atoms with Crippen LogP contribution in [-0.4, -0.2) is 39.4 Å². The number of nitrogens with zero attached hydrogens (tertiary/aromatic N) is 3. The molecule has 9 heteroatoms. The largest absolute Gasteiger partial charge is 0.497 e. The predicted octanol–water partition coefficient (Wildman–Crippen LogP) is 3.57. The van der Waals surface area contributed by atoms with Crippen LogP contribution >= 0.6 is 11.8 Å². The molecule has 0 saturated carbocycles. The highest BCUT2D eigenvalue weighted by atomic mass is 32.2. The second kappa shape index (κ2) is 9.93. The maximum absolute atomic E-state index is 12.3. The van der Waals surface area contributed by atoms with Crippen molar-refractivity contribution in [3.05, 3.63) is 48.5 Å². The number of ether oxygens (including phenoxy) is 1. The Bertz CT molecular complexity index is 1020.